The number of rotatable bonds is 2. The number of carbonyl (C=O) groups excluding carboxylic acids is 1. The van der Waals surface area contributed by atoms with Crippen LogP contribution in [0.5, 0.6) is 0 Å². The van der Waals surface area contributed by atoms with E-state index in [1.54, 1.807) is 18.2 Å². The molecule has 0 amide bonds. The first kappa shape index (κ1) is 11.6. The Morgan fingerprint density at radius 3 is 2.81 bits per heavy atom. The van der Waals surface area contributed by atoms with Gasteiger partial charge in [-0.15, -0.1) is 0 Å². The fourth-order valence-corrected chi connectivity index (χ4v) is 3.32. The second-order valence-corrected chi connectivity index (χ2v) is 6.18. The van der Waals surface area contributed by atoms with Crippen molar-refractivity contribution >= 4 is 37.4 Å². The van der Waals surface area contributed by atoms with Crippen LogP contribution < -0.4 is 4.31 Å². The van der Waals surface area contributed by atoms with E-state index >= 15 is 0 Å². The van der Waals surface area contributed by atoms with E-state index in [9.17, 15) is 13.2 Å². The van der Waals surface area contributed by atoms with Crippen molar-refractivity contribution in [3.8, 4) is 0 Å². The van der Waals surface area contributed by atoms with Crippen LogP contribution in [0.4, 0.5) is 5.69 Å². The Bertz CT molecular complexity index is 553. The van der Waals surface area contributed by atoms with Gasteiger partial charge in [-0.05, 0) is 23.8 Å². The molecule has 0 atom stereocenters. The van der Waals surface area contributed by atoms with Gasteiger partial charge in [-0.25, -0.2) is 8.42 Å². The Labute approximate surface area is 102 Å². The summed E-state index contributed by atoms with van der Waals surface area (Å²) in [6, 6.07) is 4.98. The third kappa shape index (κ3) is 1.76. The molecule has 6 heteroatoms. The summed E-state index contributed by atoms with van der Waals surface area (Å²) in [5.41, 5.74) is 1.89. The standard InChI is InChI=1S/C10H10BrNO3S/c1-12-9-3-2-7(10(13)5-11)4-8(9)6-16(12,14)15/h2-4H,5-6H2,1H3. The number of sulfonamides is 1. The summed E-state index contributed by atoms with van der Waals surface area (Å²) >= 11 is 3.09. The number of halogens is 1. The Morgan fingerprint density at radius 1 is 1.50 bits per heavy atom. The van der Waals surface area contributed by atoms with Gasteiger partial charge in [0, 0.05) is 12.6 Å². The zero-order chi connectivity index (χ0) is 11.9. The van der Waals surface area contributed by atoms with Crippen LogP contribution in [0.3, 0.4) is 0 Å². The largest absolute Gasteiger partial charge is 0.293 e. The summed E-state index contributed by atoms with van der Waals surface area (Å²) in [6.07, 6.45) is 0. The molecular weight excluding hydrogens is 294 g/mol. The van der Waals surface area contributed by atoms with E-state index in [0.29, 0.717) is 16.8 Å². The molecule has 0 aliphatic carbocycles. The van der Waals surface area contributed by atoms with Crippen molar-refractivity contribution in [1.29, 1.82) is 0 Å². The Hall–Kier alpha value is -0.880. The van der Waals surface area contributed by atoms with Crippen molar-refractivity contribution in [2.45, 2.75) is 5.75 Å². The first-order valence-electron chi connectivity index (χ1n) is 4.64. The van der Waals surface area contributed by atoms with Gasteiger partial charge in [0.15, 0.2) is 5.78 Å². The van der Waals surface area contributed by atoms with E-state index in [2.05, 4.69) is 15.9 Å². The molecule has 0 saturated heterocycles. The molecule has 0 spiro atoms. The first-order valence-corrected chi connectivity index (χ1v) is 7.37. The molecule has 0 fully saturated rings. The van der Waals surface area contributed by atoms with Crippen molar-refractivity contribution in [3.05, 3.63) is 29.3 Å². The van der Waals surface area contributed by atoms with Gasteiger partial charge < -0.3 is 0 Å². The minimum atomic E-state index is -3.22. The lowest BCUT2D eigenvalue weighted by Gasteiger charge is -2.10. The van der Waals surface area contributed by atoms with Crippen molar-refractivity contribution in [2.24, 2.45) is 0 Å². The summed E-state index contributed by atoms with van der Waals surface area (Å²) in [4.78, 5) is 11.4. The summed E-state index contributed by atoms with van der Waals surface area (Å²) < 4.78 is 24.5. The predicted molar refractivity (Wildman–Crippen MR) is 65.6 cm³/mol. The molecule has 4 nitrogen and oxygen atoms in total. The SMILES string of the molecule is CN1c2ccc(C(=O)CBr)cc2CS1(=O)=O. The Kier molecular flexibility index (Phi) is 2.79. The number of benzene rings is 1. The van der Waals surface area contributed by atoms with Gasteiger partial charge in [-0.1, -0.05) is 15.9 Å². The third-order valence-corrected chi connectivity index (χ3v) is 4.83. The lowest BCUT2D eigenvalue weighted by Crippen LogP contribution is -2.20. The summed E-state index contributed by atoms with van der Waals surface area (Å²) in [7, 11) is -1.70. The van der Waals surface area contributed by atoms with E-state index in [-0.39, 0.29) is 16.9 Å². The third-order valence-electron chi connectivity index (χ3n) is 2.62. The van der Waals surface area contributed by atoms with Crippen molar-refractivity contribution in [2.75, 3.05) is 16.7 Å². The van der Waals surface area contributed by atoms with Crippen LogP contribution >= 0.6 is 15.9 Å². The lowest BCUT2D eigenvalue weighted by atomic mass is 10.1. The first-order chi connectivity index (χ1) is 7.45. The number of ketones is 1. The topological polar surface area (TPSA) is 54.5 Å². The minimum Gasteiger partial charge on any atom is -0.293 e. The van der Waals surface area contributed by atoms with Gasteiger partial charge >= 0.3 is 0 Å². The molecule has 0 unspecified atom stereocenters. The molecule has 0 radical (unpaired) electrons. The van der Waals surface area contributed by atoms with Crippen LogP contribution in [0.1, 0.15) is 15.9 Å². The van der Waals surface area contributed by atoms with E-state index in [1.165, 1.54) is 11.4 Å². The molecule has 16 heavy (non-hydrogen) atoms. The number of carbonyl (C=O) groups is 1. The van der Waals surface area contributed by atoms with Gasteiger partial charge in [0.2, 0.25) is 10.0 Å². The predicted octanol–water partition coefficient (Wildman–Crippen LogP) is 1.54. The molecule has 1 aromatic rings. The molecular formula is C10H10BrNO3S. The van der Waals surface area contributed by atoms with Crippen LogP contribution in [-0.4, -0.2) is 26.6 Å². The molecule has 1 aliphatic rings. The van der Waals surface area contributed by atoms with Crippen LogP contribution in [0.15, 0.2) is 18.2 Å². The van der Waals surface area contributed by atoms with Gasteiger partial charge in [0.1, 0.15) is 0 Å². The monoisotopic (exact) mass is 303 g/mol. The zero-order valence-electron chi connectivity index (χ0n) is 8.60. The fraction of sp³-hybridized carbons (Fsp3) is 0.300. The van der Waals surface area contributed by atoms with Crippen molar-refractivity contribution < 1.29 is 13.2 Å². The van der Waals surface area contributed by atoms with Gasteiger partial charge in [-0.3, -0.25) is 9.10 Å². The maximum atomic E-state index is 11.6. The molecule has 0 bridgehead atoms. The molecule has 86 valence electrons. The smallest absolute Gasteiger partial charge is 0.239 e. The number of nitrogens with zero attached hydrogens (tertiary/aromatic N) is 1. The number of fused-ring (bicyclic) bond motifs is 1. The number of anilines is 1. The number of hydrogen-bond acceptors (Lipinski definition) is 3. The second kappa shape index (κ2) is 3.85. The average Bonchev–Trinajstić information content (AvgIpc) is 2.48. The molecule has 1 aliphatic heterocycles. The molecule has 1 heterocycles. The quantitative estimate of drug-likeness (QED) is 0.615. The second-order valence-electron chi connectivity index (χ2n) is 3.62. The average molecular weight is 304 g/mol. The van der Waals surface area contributed by atoms with E-state index in [1.807, 2.05) is 0 Å². The Morgan fingerprint density at radius 2 is 2.19 bits per heavy atom. The van der Waals surface area contributed by atoms with Crippen LogP contribution in [-0.2, 0) is 15.8 Å². The molecule has 0 saturated carbocycles. The van der Waals surface area contributed by atoms with Crippen molar-refractivity contribution in [1.82, 2.24) is 0 Å². The molecule has 2 rings (SSSR count). The number of Topliss-reactive ketones (excluding diaryl/α,β-unsaturated/α-hetero) is 1. The van der Waals surface area contributed by atoms with E-state index in [0.717, 1.165) is 0 Å². The van der Waals surface area contributed by atoms with Crippen LogP contribution in [0.2, 0.25) is 0 Å². The molecule has 0 aromatic heterocycles. The summed E-state index contributed by atoms with van der Waals surface area (Å²) in [5, 5.41) is 0.244. The maximum absolute atomic E-state index is 11.6. The minimum absolute atomic E-state index is 0.0256. The number of alkyl halides is 1. The van der Waals surface area contributed by atoms with Gasteiger partial charge in [0.05, 0.1) is 16.8 Å². The summed E-state index contributed by atoms with van der Waals surface area (Å²) in [5.74, 6) is -0.0721. The lowest BCUT2D eigenvalue weighted by molar-refractivity contribution is 0.102. The van der Waals surface area contributed by atoms with Gasteiger partial charge in [0.25, 0.3) is 0 Å². The summed E-state index contributed by atoms with van der Waals surface area (Å²) in [6.45, 7) is 0. The van der Waals surface area contributed by atoms with Crippen LogP contribution in [0.25, 0.3) is 0 Å². The highest BCUT2D eigenvalue weighted by atomic mass is 79.9. The van der Waals surface area contributed by atoms with E-state index in [4.69, 9.17) is 0 Å². The number of hydrogen-bond donors (Lipinski definition) is 0. The zero-order valence-corrected chi connectivity index (χ0v) is 11.0. The van der Waals surface area contributed by atoms with Crippen LogP contribution in [0, 0.1) is 0 Å². The molecule has 0 N–H and O–H groups in total. The highest BCUT2D eigenvalue weighted by Gasteiger charge is 2.30. The highest BCUT2D eigenvalue weighted by molar-refractivity contribution is 9.09. The normalized spacial score (nSPS) is 17.2. The van der Waals surface area contributed by atoms with Gasteiger partial charge in [-0.2, -0.15) is 0 Å². The Balaban J connectivity index is 2.49. The highest BCUT2D eigenvalue weighted by Crippen LogP contribution is 2.32. The fourth-order valence-electron chi connectivity index (χ4n) is 1.70. The van der Waals surface area contributed by atoms with E-state index < -0.39 is 10.0 Å². The van der Waals surface area contributed by atoms with Crippen molar-refractivity contribution in [3.63, 3.8) is 0 Å². The molecule has 1 aromatic carbocycles. The maximum Gasteiger partial charge on any atom is 0.239 e.